The van der Waals surface area contributed by atoms with Crippen LogP contribution in [0.15, 0.2) is 47.4 Å². The number of nitrogen functional groups attached to an aromatic ring is 1. The molecule has 0 bridgehead atoms. The van der Waals surface area contributed by atoms with E-state index in [1.807, 2.05) is 43.3 Å². The number of thioether (sulfide) groups is 1. The van der Waals surface area contributed by atoms with Gasteiger partial charge in [0.2, 0.25) is 0 Å². The second-order valence-corrected chi connectivity index (χ2v) is 5.48. The first-order chi connectivity index (χ1) is 9.70. The van der Waals surface area contributed by atoms with Gasteiger partial charge in [-0.15, -0.1) is 11.8 Å². The number of anilines is 1. The van der Waals surface area contributed by atoms with E-state index in [1.165, 1.54) is 4.90 Å². The Bertz CT molecular complexity index is 555. The molecule has 0 aliphatic carbocycles. The highest BCUT2D eigenvalue weighted by Gasteiger charge is 2.02. The molecule has 0 radical (unpaired) electrons. The van der Waals surface area contributed by atoms with Gasteiger partial charge in [-0.2, -0.15) is 0 Å². The summed E-state index contributed by atoms with van der Waals surface area (Å²) in [4.78, 5) is 1.21. The van der Waals surface area contributed by atoms with Crippen molar-refractivity contribution in [2.75, 3.05) is 25.2 Å². The van der Waals surface area contributed by atoms with E-state index in [4.69, 9.17) is 15.2 Å². The second kappa shape index (κ2) is 7.10. The summed E-state index contributed by atoms with van der Waals surface area (Å²) in [6.45, 7) is 2.70. The van der Waals surface area contributed by atoms with Gasteiger partial charge in [0.1, 0.15) is 11.5 Å². The van der Waals surface area contributed by atoms with Crippen molar-refractivity contribution in [3.05, 3.63) is 48.0 Å². The molecule has 2 aromatic rings. The van der Waals surface area contributed by atoms with Crippen molar-refractivity contribution in [2.45, 2.75) is 11.8 Å². The van der Waals surface area contributed by atoms with E-state index in [-0.39, 0.29) is 0 Å². The first-order valence-electron chi connectivity index (χ1n) is 6.45. The normalized spacial score (nSPS) is 10.3. The number of hydrogen-bond donors (Lipinski definition) is 1. The quantitative estimate of drug-likeness (QED) is 0.499. The van der Waals surface area contributed by atoms with Gasteiger partial charge in [-0.25, -0.2) is 0 Å². The lowest BCUT2D eigenvalue weighted by atomic mass is 10.2. The molecular weight excluding hydrogens is 270 g/mol. The van der Waals surface area contributed by atoms with E-state index in [9.17, 15) is 0 Å². The lowest BCUT2D eigenvalue weighted by Gasteiger charge is -2.09. The predicted octanol–water partition coefficient (Wildman–Crippen LogP) is 3.76. The van der Waals surface area contributed by atoms with Crippen LogP contribution in [0.2, 0.25) is 0 Å². The molecule has 0 aromatic heterocycles. The van der Waals surface area contributed by atoms with Crippen LogP contribution in [0, 0.1) is 6.92 Å². The molecule has 0 saturated carbocycles. The molecule has 0 unspecified atom stereocenters. The maximum Gasteiger partial charge on any atom is 0.119 e. The molecule has 0 aliphatic rings. The van der Waals surface area contributed by atoms with E-state index in [0.29, 0.717) is 6.61 Å². The van der Waals surface area contributed by atoms with Crippen LogP contribution >= 0.6 is 11.8 Å². The SMILES string of the molecule is COc1ccc(OCCSc2cccc(N)c2C)cc1. The fourth-order valence-electron chi connectivity index (χ4n) is 1.77. The van der Waals surface area contributed by atoms with E-state index in [0.717, 1.165) is 28.5 Å². The van der Waals surface area contributed by atoms with Crippen LogP contribution in [0.4, 0.5) is 5.69 Å². The lowest BCUT2D eigenvalue weighted by Crippen LogP contribution is -2.00. The smallest absolute Gasteiger partial charge is 0.119 e. The van der Waals surface area contributed by atoms with E-state index in [1.54, 1.807) is 18.9 Å². The van der Waals surface area contributed by atoms with E-state index >= 15 is 0 Å². The van der Waals surface area contributed by atoms with Gasteiger partial charge in [-0.1, -0.05) is 6.07 Å². The Kier molecular flexibility index (Phi) is 5.18. The molecule has 0 fully saturated rings. The molecule has 0 amide bonds. The van der Waals surface area contributed by atoms with Gasteiger partial charge in [-0.05, 0) is 48.9 Å². The number of benzene rings is 2. The topological polar surface area (TPSA) is 44.5 Å². The van der Waals surface area contributed by atoms with E-state index in [2.05, 4.69) is 6.07 Å². The van der Waals surface area contributed by atoms with Crippen molar-refractivity contribution < 1.29 is 9.47 Å². The van der Waals surface area contributed by atoms with Gasteiger partial charge in [0.25, 0.3) is 0 Å². The van der Waals surface area contributed by atoms with Crippen LogP contribution in [0.3, 0.4) is 0 Å². The number of nitrogens with two attached hydrogens (primary N) is 1. The number of ether oxygens (including phenoxy) is 2. The van der Waals surface area contributed by atoms with Gasteiger partial charge in [0.15, 0.2) is 0 Å². The molecule has 0 saturated heterocycles. The third-order valence-electron chi connectivity index (χ3n) is 3.00. The minimum Gasteiger partial charge on any atom is -0.497 e. The van der Waals surface area contributed by atoms with Crippen molar-refractivity contribution in [2.24, 2.45) is 0 Å². The zero-order chi connectivity index (χ0) is 14.4. The maximum absolute atomic E-state index is 5.89. The van der Waals surface area contributed by atoms with Crippen LogP contribution < -0.4 is 15.2 Å². The van der Waals surface area contributed by atoms with Crippen molar-refractivity contribution in [3.63, 3.8) is 0 Å². The van der Waals surface area contributed by atoms with Crippen molar-refractivity contribution >= 4 is 17.4 Å². The number of rotatable bonds is 6. The summed E-state index contributed by atoms with van der Waals surface area (Å²) in [5.74, 6) is 2.58. The first-order valence-corrected chi connectivity index (χ1v) is 7.44. The van der Waals surface area contributed by atoms with Gasteiger partial charge in [-0.3, -0.25) is 0 Å². The van der Waals surface area contributed by atoms with Crippen LogP contribution in [-0.4, -0.2) is 19.5 Å². The van der Waals surface area contributed by atoms with Crippen molar-refractivity contribution in [1.29, 1.82) is 0 Å². The molecule has 3 nitrogen and oxygen atoms in total. The Hall–Kier alpha value is -1.81. The van der Waals surface area contributed by atoms with Crippen LogP contribution in [0.5, 0.6) is 11.5 Å². The summed E-state index contributed by atoms with van der Waals surface area (Å²) in [5.41, 5.74) is 7.87. The Morgan fingerprint density at radius 3 is 2.45 bits per heavy atom. The highest BCUT2D eigenvalue weighted by molar-refractivity contribution is 7.99. The molecular formula is C16H19NO2S. The van der Waals surface area contributed by atoms with Crippen molar-refractivity contribution in [3.8, 4) is 11.5 Å². The largest absolute Gasteiger partial charge is 0.497 e. The van der Waals surface area contributed by atoms with Gasteiger partial charge in [0, 0.05) is 16.3 Å². The van der Waals surface area contributed by atoms with Gasteiger partial charge < -0.3 is 15.2 Å². The monoisotopic (exact) mass is 289 g/mol. The number of methoxy groups -OCH3 is 1. The maximum atomic E-state index is 5.89. The highest BCUT2D eigenvalue weighted by Crippen LogP contribution is 2.26. The van der Waals surface area contributed by atoms with E-state index < -0.39 is 0 Å². The van der Waals surface area contributed by atoms with Gasteiger partial charge in [0.05, 0.1) is 13.7 Å². The van der Waals surface area contributed by atoms with Crippen LogP contribution in [-0.2, 0) is 0 Å². The molecule has 2 rings (SSSR count). The molecule has 0 aliphatic heterocycles. The average molecular weight is 289 g/mol. The summed E-state index contributed by atoms with van der Waals surface area (Å²) in [7, 11) is 1.65. The first kappa shape index (κ1) is 14.6. The molecule has 20 heavy (non-hydrogen) atoms. The number of hydrogen-bond acceptors (Lipinski definition) is 4. The molecule has 2 aromatic carbocycles. The fraction of sp³-hybridized carbons (Fsp3) is 0.250. The minimum absolute atomic E-state index is 0.658. The highest BCUT2D eigenvalue weighted by atomic mass is 32.2. The molecule has 4 heteroatoms. The average Bonchev–Trinajstić information content (AvgIpc) is 2.48. The Morgan fingerprint density at radius 1 is 1.05 bits per heavy atom. The lowest BCUT2D eigenvalue weighted by molar-refractivity contribution is 0.342. The van der Waals surface area contributed by atoms with Crippen LogP contribution in [0.25, 0.3) is 0 Å². The summed E-state index contributed by atoms with van der Waals surface area (Å²) in [6.07, 6.45) is 0. The second-order valence-electron chi connectivity index (χ2n) is 4.34. The molecule has 0 heterocycles. The Morgan fingerprint density at radius 2 is 1.75 bits per heavy atom. The molecule has 0 atom stereocenters. The van der Waals surface area contributed by atoms with Gasteiger partial charge >= 0.3 is 0 Å². The zero-order valence-corrected chi connectivity index (χ0v) is 12.6. The third-order valence-corrected chi connectivity index (χ3v) is 4.12. The fourth-order valence-corrected chi connectivity index (χ4v) is 2.67. The summed E-state index contributed by atoms with van der Waals surface area (Å²) in [5, 5.41) is 0. The predicted molar refractivity (Wildman–Crippen MR) is 84.8 cm³/mol. The summed E-state index contributed by atoms with van der Waals surface area (Å²) < 4.78 is 10.8. The van der Waals surface area contributed by atoms with Crippen LogP contribution in [0.1, 0.15) is 5.56 Å². The standard InChI is InChI=1S/C16H19NO2S/c1-12-15(17)4-3-5-16(12)20-11-10-19-14-8-6-13(18-2)7-9-14/h3-9H,10-11,17H2,1-2H3. The molecule has 106 valence electrons. The summed E-state index contributed by atoms with van der Waals surface area (Å²) in [6, 6.07) is 13.6. The molecule has 0 spiro atoms. The Balaban J connectivity index is 1.80. The molecule has 2 N–H and O–H groups in total. The zero-order valence-electron chi connectivity index (χ0n) is 11.8. The third kappa shape index (κ3) is 3.84. The summed E-state index contributed by atoms with van der Waals surface area (Å²) >= 11 is 1.76. The minimum atomic E-state index is 0.658. The van der Waals surface area contributed by atoms with Crippen molar-refractivity contribution in [1.82, 2.24) is 0 Å². The Labute approximate surface area is 124 Å².